The van der Waals surface area contributed by atoms with Crippen LogP contribution >= 0.6 is 15.9 Å². The second-order valence-electron chi connectivity index (χ2n) is 4.71. The van der Waals surface area contributed by atoms with Crippen molar-refractivity contribution in [2.24, 2.45) is 0 Å². The number of hydrogen-bond donors (Lipinski definition) is 0. The van der Waals surface area contributed by atoms with E-state index in [1.165, 1.54) is 6.39 Å². The summed E-state index contributed by atoms with van der Waals surface area (Å²) in [4.78, 5) is 18.1. The molecule has 0 spiro atoms. The van der Waals surface area contributed by atoms with Crippen LogP contribution in [0.25, 0.3) is 0 Å². The molecule has 2 aromatic rings. The van der Waals surface area contributed by atoms with Crippen molar-refractivity contribution in [1.82, 2.24) is 15.0 Å². The molecule has 1 aromatic carbocycles. The van der Waals surface area contributed by atoms with E-state index >= 15 is 0 Å². The number of ether oxygens (including phenoxy) is 2. The molecule has 1 fully saturated rings. The maximum Gasteiger partial charge on any atom is 0.261 e. The lowest BCUT2D eigenvalue weighted by Crippen LogP contribution is -2.45. The molecule has 0 bridgehead atoms. The Bertz CT molecular complexity index is 635. The number of aromatic nitrogens is 2. The SMILES string of the molecule is O=C(COc1cccc(Br)c1)N1CCOC[C@@H]1c1ncon1. The first kappa shape index (κ1) is 15.0. The number of rotatable bonds is 4. The van der Waals surface area contributed by atoms with E-state index in [1.54, 1.807) is 11.0 Å². The molecule has 2 heterocycles. The molecule has 22 heavy (non-hydrogen) atoms. The maximum atomic E-state index is 12.4. The first-order valence-electron chi connectivity index (χ1n) is 6.76. The molecule has 1 amide bonds. The summed E-state index contributed by atoms with van der Waals surface area (Å²) in [6, 6.07) is 7.01. The standard InChI is InChI=1S/C14H14BrN3O4/c15-10-2-1-3-11(6-10)21-8-13(19)18-4-5-20-7-12(18)14-16-9-22-17-14/h1-3,6,9,12H,4-5,7-8H2/t12-/m1/s1. The quantitative estimate of drug-likeness (QED) is 0.819. The van der Waals surface area contributed by atoms with E-state index in [9.17, 15) is 4.79 Å². The predicted molar refractivity (Wildman–Crippen MR) is 79.2 cm³/mol. The van der Waals surface area contributed by atoms with Gasteiger partial charge in [0.05, 0.1) is 13.2 Å². The summed E-state index contributed by atoms with van der Waals surface area (Å²) >= 11 is 3.36. The van der Waals surface area contributed by atoms with Gasteiger partial charge in [-0.05, 0) is 18.2 Å². The molecule has 7 nitrogen and oxygen atoms in total. The topological polar surface area (TPSA) is 77.7 Å². The summed E-state index contributed by atoms with van der Waals surface area (Å²) in [5.74, 6) is 0.931. The van der Waals surface area contributed by atoms with E-state index < -0.39 is 0 Å². The Kier molecular flexibility index (Phi) is 4.69. The van der Waals surface area contributed by atoms with Crippen LogP contribution in [0.5, 0.6) is 5.75 Å². The molecule has 3 rings (SSSR count). The second-order valence-corrected chi connectivity index (χ2v) is 5.63. The molecule has 0 radical (unpaired) electrons. The summed E-state index contributed by atoms with van der Waals surface area (Å²) < 4.78 is 16.6. The fraction of sp³-hybridized carbons (Fsp3) is 0.357. The minimum Gasteiger partial charge on any atom is -0.484 e. The molecule has 8 heteroatoms. The van der Waals surface area contributed by atoms with Gasteiger partial charge in [-0.15, -0.1) is 0 Å². The minimum absolute atomic E-state index is 0.0508. The van der Waals surface area contributed by atoms with Crippen LogP contribution in [-0.4, -0.2) is 47.3 Å². The van der Waals surface area contributed by atoms with Gasteiger partial charge in [0.15, 0.2) is 12.4 Å². The van der Waals surface area contributed by atoms with Crippen molar-refractivity contribution in [3.8, 4) is 5.75 Å². The van der Waals surface area contributed by atoms with Gasteiger partial charge >= 0.3 is 0 Å². The molecule has 1 aromatic heterocycles. The Labute approximate surface area is 135 Å². The Morgan fingerprint density at radius 1 is 1.50 bits per heavy atom. The number of halogens is 1. The summed E-state index contributed by atoms with van der Waals surface area (Å²) in [6.07, 6.45) is 1.24. The van der Waals surface area contributed by atoms with Crippen molar-refractivity contribution in [1.29, 1.82) is 0 Å². The van der Waals surface area contributed by atoms with Gasteiger partial charge in [-0.25, -0.2) is 0 Å². The number of benzene rings is 1. The molecular weight excluding hydrogens is 354 g/mol. The highest BCUT2D eigenvalue weighted by atomic mass is 79.9. The van der Waals surface area contributed by atoms with Crippen molar-refractivity contribution < 1.29 is 18.8 Å². The summed E-state index contributed by atoms with van der Waals surface area (Å²) in [7, 11) is 0. The fourth-order valence-electron chi connectivity index (χ4n) is 2.23. The van der Waals surface area contributed by atoms with Crippen LogP contribution in [0.4, 0.5) is 0 Å². The van der Waals surface area contributed by atoms with Crippen LogP contribution in [0.3, 0.4) is 0 Å². The Balaban J connectivity index is 1.65. The van der Waals surface area contributed by atoms with Gasteiger partial charge in [-0.2, -0.15) is 4.98 Å². The molecule has 0 N–H and O–H groups in total. The van der Waals surface area contributed by atoms with E-state index in [1.807, 2.05) is 18.2 Å². The third kappa shape index (κ3) is 3.45. The first-order valence-corrected chi connectivity index (χ1v) is 7.55. The van der Waals surface area contributed by atoms with Gasteiger partial charge in [-0.3, -0.25) is 4.79 Å². The van der Waals surface area contributed by atoms with Gasteiger partial charge in [-0.1, -0.05) is 27.2 Å². The molecule has 116 valence electrons. The second kappa shape index (κ2) is 6.89. The molecule has 1 saturated heterocycles. The molecule has 1 atom stereocenters. The highest BCUT2D eigenvalue weighted by Gasteiger charge is 2.31. The number of morpholine rings is 1. The van der Waals surface area contributed by atoms with Crippen LogP contribution < -0.4 is 4.74 Å². The van der Waals surface area contributed by atoms with Crippen molar-refractivity contribution in [3.05, 3.63) is 41.0 Å². The third-order valence-corrected chi connectivity index (χ3v) is 3.78. The molecule has 1 aliphatic heterocycles. The Morgan fingerprint density at radius 2 is 2.41 bits per heavy atom. The molecule has 0 aliphatic carbocycles. The Hall–Kier alpha value is -1.93. The molecule has 0 unspecified atom stereocenters. The van der Waals surface area contributed by atoms with Gasteiger partial charge in [0, 0.05) is 11.0 Å². The predicted octanol–water partition coefficient (Wildman–Crippen LogP) is 1.81. The van der Waals surface area contributed by atoms with Crippen molar-refractivity contribution in [3.63, 3.8) is 0 Å². The number of hydrogen-bond acceptors (Lipinski definition) is 6. The zero-order valence-corrected chi connectivity index (χ0v) is 13.2. The highest BCUT2D eigenvalue weighted by molar-refractivity contribution is 9.10. The smallest absolute Gasteiger partial charge is 0.261 e. The van der Waals surface area contributed by atoms with Gasteiger partial charge in [0.1, 0.15) is 11.8 Å². The van der Waals surface area contributed by atoms with E-state index in [4.69, 9.17) is 14.0 Å². The molecule has 0 saturated carbocycles. The van der Waals surface area contributed by atoms with Crippen molar-refractivity contribution in [2.45, 2.75) is 6.04 Å². The van der Waals surface area contributed by atoms with E-state index in [0.29, 0.717) is 31.3 Å². The number of carbonyl (C=O) groups is 1. The van der Waals surface area contributed by atoms with Gasteiger partial charge in [0.2, 0.25) is 6.39 Å². The van der Waals surface area contributed by atoms with Crippen molar-refractivity contribution in [2.75, 3.05) is 26.4 Å². The molecular formula is C14H14BrN3O4. The zero-order valence-electron chi connectivity index (χ0n) is 11.6. The lowest BCUT2D eigenvalue weighted by molar-refractivity contribution is -0.142. The monoisotopic (exact) mass is 367 g/mol. The van der Waals surface area contributed by atoms with Crippen LogP contribution in [0.2, 0.25) is 0 Å². The van der Waals surface area contributed by atoms with Crippen LogP contribution in [0, 0.1) is 0 Å². The number of nitrogens with zero attached hydrogens (tertiary/aromatic N) is 3. The van der Waals surface area contributed by atoms with E-state index in [2.05, 4.69) is 26.1 Å². The normalized spacial score (nSPS) is 18.2. The molecule has 1 aliphatic rings. The van der Waals surface area contributed by atoms with Crippen LogP contribution in [-0.2, 0) is 9.53 Å². The first-order chi connectivity index (χ1) is 10.7. The lowest BCUT2D eigenvalue weighted by atomic mass is 10.2. The van der Waals surface area contributed by atoms with E-state index in [0.717, 1.165) is 4.47 Å². The number of carbonyl (C=O) groups excluding carboxylic acids is 1. The van der Waals surface area contributed by atoms with Crippen LogP contribution in [0.15, 0.2) is 39.7 Å². The maximum absolute atomic E-state index is 12.4. The summed E-state index contributed by atoms with van der Waals surface area (Å²) in [5, 5.41) is 3.80. The minimum atomic E-state index is -0.342. The lowest BCUT2D eigenvalue weighted by Gasteiger charge is -2.33. The third-order valence-electron chi connectivity index (χ3n) is 3.28. The fourth-order valence-corrected chi connectivity index (χ4v) is 2.60. The van der Waals surface area contributed by atoms with Gasteiger partial charge < -0.3 is 18.9 Å². The zero-order chi connectivity index (χ0) is 15.4. The van der Waals surface area contributed by atoms with Crippen molar-refractivity contribution >= 4 is 21.8 Å². The average molecular weight is 368 g/mol. The average Bonchev–Trinajstić information content (AvgIpc) is 3.07. The summed E-state index contributed by atoms with van der Waals surface area (Å²) in [5.41, 5.74) is 0. The largest absolute Gasteiger partial charge is 0.484 e. The summed E-state index contributed by atoms with van der Waals surface area (Å²) in [6.45, 7) is 1.25. The van der Waals surface area contributed by atoms with Gasteiger partial charge in [0.25, 0.3) is 5.91 Å². The number of amides is 1. The Morgan fingerprint density at radius 3 is 3.18 bits per heavy atom. The van der Waals surface area contributed by atoms with E-state index in [-0.39, 0.29) is 18.6 Å². The highest BCUT2D eigenvalue weighted by Crippen LogP contribution is 2.22. The van der Waals surface area contributed by atoms with Crippen LogP contribution in [0.1, 0.15) is 11.9 Å².